The van der Waals surface area contributed by atoms with E-state index in [1.54, 1.807) is 36.4 Å². The van der Waals surface area contributed by atoms with Crippen LogP contribution in [0.2, 0.25) is 0 Å². The molecule has 0 saturated carbocycles. The molecule has 3 N–H and O–H groups in total. The summed E-state index contributed by atoms with van der Waals surface area (Å²) in [6.45, 7) is 3.72. The Morgan fingerprint density at radius 1 is 1.10 bits per heavy atom. The summed E-state index contributed by atoms with van der Waals surface area (Å²) in [4.78, 5) is 0.199. The highest BCUT2D eigenvalue weighted by Crippen LogP contribution is 2.27. The van der Waals surface area contributed by atoms with Crippen molar-refractivity contribution in [3.63, 3.8) is 0 Å². The third-order valence-electron chi connectivity index (χ3n) is 2.88. The Labute approximate surface area is 127 Å². The smallest absolute Gasteiger partial charge is 0.263 e. The third-order valence-corrected chi connectivity index (χ3v) is 5.23. The molecule has 0 fully saturated rings. The van der Waals surface area contributed by atoms with Crippen LogP contribution in [0.15, 0.2) is 45.8 Å². The summed E-state index contributed by atoms with van der Waals surface area (Å²) in [5.41, 5.74) is 8.48. The number of hydrogen-bond acceptors (Lipinski definition) is 3. The minimum atomic E-state index is -3.65. The fraction of sp³-hybridized carbons (Fsp3) is 0.143. The van der Waals surface area contributed by atoms with Gasteiger partial charge in [-0.25, -0.2) is 8.42 Å². The molecule has 4 nitrogen and oxygen atoms in total. The molecule has 0 aliphatic heterocycles. The van der Waals surface area contributed by atoms with Gasteiger partial charge in [-0.15, -0.1) is 0 Å². The molecule has 0 atom stereocenters. The number of anilines is 2. The lowest BCUT2D eigenvalue weighted by atomic mass is 10.2. The van der Waals surface area contributed by atoms with Gasteiger partial charge in [0.25, 0.3) is 10.0 Å². The minimum Gasteiger partial charge on any atom is -0.399 e. The number of sulfonamides is 1. The molecule has 0 unspecified atom stereocenters. The van der Waals surface area contributed by atoms with Crippen LogP contribution in [0.25, 0.3) is 0 Å². The van der Waals surface area contributed by atoms with Gasteiger partial charge in [0, 0.05) is 10.2 Å². The van der Waals surface area contributed by atoms with Crippen molar-refractivity contribution in [1.29, 1.82) is 0 Å². The number of halogens is 1. The summed E-state index contributed by atoms with van der Waals surface area (Å²) in [5.74, 6) is 0. The van der Waals surface area contributed by atoms with Crippen LogP contribution in [0, 0.1) is 13.8 Å². The maximum Gasteiger partial charge on any atom is 0.263 e. The Balaban J connectivity index is 2.43. The molecule has 6 heteroatoms. The number of hydrogen-bond donors (Lipinski definition) is 2. The van der Waals surface area contributed by atoms with Gasteiger partial charge in [-0.1, -0.05) is 12.1 Å². The zero-order chi connectivity index (χ0) is 14.9. The molecular formula is C14H15BrN2O2S. The Hall–Kier alpha value is -1.53. The lowest BCUT2D eigenvalue weighted by Gasteiger charge is -2.12. The van der Waals surface area contributed by atoms with Gasteiger partial charge in [0.2, 0.25) is 0 Å². The molecule has 106 valence electrons. The summed E-state index contributed by atoms with van der Waals surface area (Å²) in [6, 6.07) is 10.2. The summed E-state index contributed by atoms with van der Waals surface area (Å²) in [7, 11) is -3.65. The van der Waals surface area contributed by atoms with Gasteiger partial charge in [0.1, 0.15) is 4.90 Å². The summed E-state index contributed by atoms with van der Waals surface area (Å²) < 4.78 is 27.9. The largest absolute Gasteiger partial charge is 0.399 e. The first kappa shape index (κ1) is 14.9. The molecule has 0 radical (unpaired) electrons. The predicted molar refractivity (Wildman–Crippen MR) is 85.3 cm³/mol. The molecule has 0 heterocycles. The van der Waals surface area contributed by atoms with Crippen molar-refractivity contribution in [2.75, 3.05) is 10.5 Å². The highest BCUT2D eigenvalue weighted by molar-refractivity contribution is 9.10. The van der Waals surface area contributed by atoms with Crippen LogP contribution in [0.4, 0.5) is 11.4 Å². The van der Waals surface area contributed by atoms with E-state index in [1.807, 2.05) is 13.8 Å². The molecule has 0 aromatic heterocycles. The maximum atomic E-state index is 12.4. The molecule has 0 amide bonds. The quantitative estimate of drug-likeness (QED) is 0.829. The van der Waals surface area contributed by atoms with Gasteiger partial charge >= 0.3 is 0 Å². The van der Waals surface area contributed by atoms with Crippen molar-refractivity contribution < 1.29 is 8.42 Å². The first-order valence-electron chi connectivity index (χ1n) is 5.95. The first-order valence-corrected chi connectivity index (χ1v) is 8.22. The van der Waals surface area contributed by atoms with Crippen LogP contribution in [0.5, 0.6) is 0 Å². The van der Waals surface area contributed by atoms with Crippen molar-refractivity contribution in [3.05, 3.63) is 52.0 Å². The van der Waals surface area contributed by atoms with E-state index in [-0.39, 0.29) is 4.90 Å². The van der Waals surface area contributed by atoms with Crippen molar-refractivity contribution in [3.8, 4) is 0 Å². The molecular weight excluding hydrogens is 340 g/mol. The molecule has 0 bridgehead atoms. The fourth-order valence-corrected chi connectivity index (χ4v) is 4.09. The third kappa shape index (κ3) is 3.13. The van der Waals surface area contributed by atoms with E-state index in [0.717, 1.165) is 11.1 Å². The molecule has 2 aromatic rings. The maximum absolute atomic E-state index is 12.4. The normalized spacial score (nSPS) is 11.3. The van der Waals surface area contributed by atoms with Gasteiger partial charge < -0.3 is 5.73 Å². The summed E-state index contributed by atoms with van der Waals surface area (Å²) in [5, 5.41) is 0. The van der Waals surface area contributed by atoms with Crippen molar-refractivity contribution >= 4 is 37.3 Å². The van der Waals surface area contributed by atoms with E-state index >= 15 is 0 Å². The SMILES string of the molecule is Cc1ccc(S(=O)(=O)Nc2cc(N)ccc2C)c(Br)c1. The number of aryl methyl sites for hydroxylation is 2. The molecule has 20 heavy (non-hydrogen) atoms. The lowest BCUT2D eigenvalue weighted by molar-refractivity contribution is 0.600. The average molecular weight is 355 g/mol. The Kier molecular flexibility index (Phi) is 4.06. The standard InChI is InChI=1S/C14H15BrN2O2S/c1-9-3-6-14(12(15)7-9)20(18,19)17-13-8-11(16)5-4-10(13)2/h3-8,17H,16H2,1-2H3. The van der Waals surface area contributed by atoms with Gasteiger partial charge in [0.05, 0.1) is 5.69 Å². The molecule has 0 spiro atoms. The number of benzene rings is 2. The van der Waals surface area contributed by atoms with Crippen molar-refractivity contribution in [2.45, 2.75) is 18.7 Å². The Bertz CT molecular complexity index is 758. The second-order valence-electron chi connectivity index (χ2n) is 4.61. The van der Waals surface area contributed by atoms with E-state index in [2.05, 4.69) is 20.7 Å². The fourth-order valence-electron chi connectivity index (χ4n) is 1.77. The number of rotatable bonds is 3. The predicted octanol–water partition coefficient (Wildman–Crippen LogP) is 3.45. The van der Waals surface area contributed by atoms with E-state index in [0.29, 0.717) is 15.8 Å². The van der Waals surface area contributed by atoms with Crippen molar-refractivity contribution in [1.82, 2.24) is 0 Å². The second kappa shape index (κ2) is 5.46. The highest BCUT2D eigenvalue weighted by atomic mass is 79.9. The lowest BCUT2D eigenvalue weighted by Crippen LogP contribution is -2.14. The van der Waals surface area contributed by atoms with Crippen LogP contribution in [-0.2, 0) is 10.0 Å². The van der Waals surface area contributed by atoms with E-state index in [4.69, 9.17) is 5.73 Å². The topological polar surface area (TPSA) is 72.2 Å². The number of nitrogen functional groups attached to an aromatic ring is 1. The molecule has 0 saturated heterocycles. The van der Waals surface area contributed by atoms with Crippen LogP contribution in [-0.4, -0.2) is 8.42 Å². The van der Waals surface area contributed by atoms with Crippen LogP contribution < -0.4 is 10.5 Å². The number of nitrogens with two attached hydrogens (primary N) is 1. The van der Waals surface area contributed by atoms with Crippen LogP contribution in [0.1, 0.15) is 11.1 Å². The van der Waals surface area contributed by atoms with Gasteiger partial charge in [-0.2, -0.15) is 0 Å². The van der Waals surface area contributed by atoms with Gasteiger partial charge in [0.15, 0.2) is 0 Å². The number of nitrogens with one attached hydrogen (secondary N) is 1. The summed E-state index contributed by atoms with van der Waals surface area (Å²) in [6.07, 6.45) is 0. The molecule has 2 rings (SSSR count). The summed E-state index contributed by atoms with van der Waals surface area (Å²) >= 11 is 3.29. The van der Waals surface area contributed by atoms with Gasteiger partial charge in [-0.05, 0) is 65.2 Å². The van der Waals surface area contributed by atoms with Gasteiger partial charge in [-0.3, -0.25) is 4.72 Å². The zero-order valence-corrected chi connectivity index (χ0v) is 13.5. The molecule has 0 aliphatic rings. The molecule has 2 aromatic carbocycles. The van der Waals surface area contributed by atoms with Crippen molar-refractivity contribution in [2.24, 2.45) is 0 Å². The first-order chi connectivity index (χ1) is 9.29. The van der Waals surface area contributed by atoms with Crippen LogP contribution in [0.3, 0.4) is 0 Å². The van der Waals surface area contributed by atoms with E-state index < -0.39 is 10.0 Å². The minimum absolute atomic E-state index is 0.199. The molecule has 0 aliphatic carbocycles. The van der Waals surface area contributed by atoms with E-state index in [9.17, 15) is 8.42 Å². The average Bonchev–Trinajstić information content (AvgIpc) is 2.33. The van der Waals surface area contributed by atoms with Crippen LogP contribution >= 0.6 is 15.9 Å². The monoisotopic (exact) mass is 354 g/mol. The highest BCUT2D eigenvalue weighted by Gasteiger charge is 2.18. The second-order valence-corrected chi connectivity index (χ2v) is 7.12. The van der Waals surface area contributed by atoms with E-state index in [1.165, 1.54) is 0 Å². The zero-order valence-electron chi connectivity index (χ0n) is 11.1. The Morgan fingerprint density at radius 3 is 2.45 bits per heavy atom. The Morgan fingerprint density at radius 2 is 1.80 bits per heavy atom.